The van der Waals surface area contributed by atoms with Gasteiger partial charge in [0.05, 0.1) is 6.61 Å². The minimum absolute atomic E-state index is 0.0268. The molecular formula is C20H30N2O6. The standard InChI is InChI=1S/C20H30N2O6/c1-13(2)16(18(25)28-20(3,4)5)22-17(24)15(11-23)21-19(26)27-12-14-9-7-6-8-10-14/h6-10,13,15-16,23H,11-12H2,1-5H3,(H,21,26)(H,22,24)/t15-,16-/m0/s1. The average molecular weight is 394 g/mol. The van der Waals surface area contributed by atoms with Gasteiger partial charge in [0.25, 0.3) is 0 Å². The van der Waals surface area contributed by atoms with E-state index in [1.54, 1.807) is 46.8 Å². The highest BCUT2D eigenvalue weighted by Crippen LogP contribution is 2.12. The van der Waals surface area contributed by atoms with Crippen LogP contribution in [-0.2, 0) is 25.7 Å². The molecule has 0 bridgehead atoms. The molecule has 8 nitrogen and oxygen atoms in total. The second kappa shape index (κ2) is 10.7. The molecule has 0 heterocycles. The second-order valence-corrected chi connectivity index (χ2v) is 7.70. The molecule has 0 radical (unpaired) electrons. The van der Waals surface area contributed by atoms with Crippen molar-refractivity contribution in [3.63, 3.8) is 0 Å². The van der Waals surface area contributed by atoms with Crippen LogP contribution in [0.4, 0.5) is 4.79 Å². The smallest absolute Gasteiger partial charge is 0.408 e. The number of hydrogen-bond acceptors (Lipinski definition) is 6. The zero-order chi connectivity index (χ0) is 21.3. The van der Waals surface area contributed by atoms with Gasteiger partial charge in [-0.25, -0.2) is 9.59 Å². The fourth-order valence-electron chi connectivity index (χ4n) is 2.22. The van der Waals surface area contributed by atoms with Gasteiger partial charge >= 0.3 is 12.1 Å². The van der Waals surface area contributed by atoms with Crippen molar-refractivity contribution < 1.29 is 29.0 Å². The summed E-state index contributed by atoms with van der Waals surface area (Å²) in [5.74, 6) is -1.54. The molecule has 2 atom stereocenters. The lowest BCUT2D eigenvalue weighted by Gasteiger charge is -2.27. The molecule has 0 saturated carbocycles. The van der Waals surface area contributed by atoms with Crippen LogP contribution in [-0.4, -0.2) is 47.4 Å². The second-order valence-electron chi connectivity index (χ2n) is 7.70. The lowest BCUT2D eigenvalue weighted by molar-refractivity contribution is -0.160. The summed E-state index contributed by atoms with van der Waals surface area (Å²) < 4.78 is 10.4. The number of rotatable bonds is 8. The highest BCUT2D eigenvalue weighted by molar-refractivity contribution is 5.90. The normalized spacial score (nSPS) is 13.4. The molecule has 2 amide bonds. The van der Waals surface area contributed by atoms with Gasteiger partial charge in [0, 0.05) is 0 Å². The zero-order valence-electron chi connectivity index (χ0n) is 17.0. The Kier molecular flexibility index (Phi) is 8.91. The van der Waals surface area contributed by atoms with Crippen molar-refractivity contribution in [3.8, 4) is 0 Å². The van der Waals surface area contributed by atoms with Crippen molar-refractivity contribution in [3.05, 3.63) is 35.9 Å². The maximum atomic E-state index is 12.4. The molecule has 0 aromatic heterocycles. The number of esters is 1. The molecule has 0 unspecified atom stereocenters. The zero-order valence-corrected chi connectivity index (χ0v) is 17.0. The van der Waals surface area contributed by atoms with Crippen molar-refractivity contribution in [2.45, 2.75) is 58.9 Å². The molecule has 0 spiro atoms. The molecule has 156 valence electrons. The Morgan fingerprint density at radius 1 is 1.07 bits per heavy atom. The van der Waals surface area contributed by atoms with Crippen LogP contribution >= 0.6 is 0 Å². The van der Waals surface area contributed by atoms with E-state index in [-0.39, 0.29) is 12.5 Å². The fourth-order valence-corrected chi connectivity index (χ4v) is 2.22. The average Bonchev–Trinajstić information content (AvgIpc) is 2.61. The van der Waals surface area contributed by atoms with Crippen molar-refractivity contribution in [1.29, 1.82) is 0 Å². The molecule has 0 aliphatic carbocycles. The first kappa shape index (κ1) is 23.4. The van der Waals surface area contributed by atoms with Gasteiger partial charge in [0.2, 0.25) is 5.91 Å². The van der Waals surface area contributed by atoms with Crippen LogP contribution in [0.15, 0.2) is 30.3 Å². The molecule has 1 aromatic rings. The number of carbonyl (C=O) groups excluding carboxylic acids is 3. The Bertz CT molecular complexity index is 654. The molecular weight excluding hydrogens is 364 g/mol. The Morgan fingerprint density at radius 3 is 2.18 bits per heavy atom. The highest BCUT2D eigenvalue weighted by Gasteiger charge is 2.31. The molecule has 1 rings (SSSR count). The van der Waals surface area contributed by atoms with Crippen LogP contribution in [0.5, 0.6) is 0 Å². The van der Waals surface area contributed by atoms with E-state index in [4.69, 9.17) is 9.47 Å². The summed E-state index contributed by atoms with van der Waals surface area (Å²) in [4.78, 5) is 36.7. The number of hydrogen-bond donors (Lipinski definition) is 3. The summed E-state index contributed by atoms with van der Waals surface area (Å²) in [5.41, 5.74) is 0.0811. The largest absolute Gasteiger partial charge is 0.458 e. The molecule has 0 saturated heterocycles. The summed E-state index contributed by atoms with van der Waals surface area (Å²) in [6, 6.07) is 6.86. The van der Waals surface area contributed by atoms with Crippen molar-refractivity contribution in [2.24, 2.45) is 5.92 Å². The van der Waals surface area contributed by atoms with Crippen LogP contribution < -0.4 is 10.6 Å². The Labute approximate surface area is 165 Å². The minimum Gasteiger partial charge on any atom is -0.458 e. The Balaban J connectivity index is 2.64. The van der Waals surface area contributed by atoms with Crippen LogP contribution in [0.3, 0.4) is 0 Å². The third kappa shape index (κ3) is 8.39. The van der Waals surface area contributed by atoms with Gasteiger partial charge in [-0.05, 0) is 32.3 Å². The van der Waals surface area contributed by atoms with Gasteiger partial charge in [-0.3, -0.25) is 4.79 Å². The van der Waals surface area contributed by atoms with Crippen molar-refractivity contribution in [2.75, 3.05) is 6.61 Å². The van der Waals surface area contributed by atoms with E-state index < -0.39 is 42.3 Å². The SMILES string of the molecule is CC(C)[C@H](NC(=O)[C@H](CO)NC(=O)OCc1ccccc1)C(=O)OC(C)(C)C. The third-order valence-corrected chi connectivity index (χ3v) is 3.63. The lowest BCUT2D eigenvalue weighted by Crippen LogP contribution is -2.55. The number of carbonyl (C=O) groups is 3. The van der Waals surface area contributed by atoms with Crippen LogP contribution in [0.1, 0.15) is 40.2 Å². The first-order chi connectivity index (χ1) is 13.0. The topological polar surface area (TPSA) is 114 Å². The van der Waals surface area contributed by atoms with E-state index in [1.165, 1.54) is 0 Å². The monoisotopic (exact) mass is 394 g/mol. The van der Waals surface area contributed by atoms with E-state index in [0.29, 0.717) is 0 Å². The first-order valence-electron chi connectivity index (χ1n) is 9.14. The summed E-state index contributed by atoms with van der Waals surface area (Å²) in [7, 11) is 0. The molecule has 0 fully saturated rings. The fraction of sp³-hybridized carbons (Fsp3) is 0.550. The lowest BCUT2D eigenvalue weighted by atomic mass is 10.0. The first-order valence-corrected chi connectivity index (χ1v) is 9.14. The molecule has 0 aliphatic rings. The molecule has 28 heavy (non-hydrogen) atoms. The minimum atomic E-state index is -1.26. The number of aliphatic hydroxyl groups excluding tert-OH is 1. The van der Waals surface area contributed by atoms with Crippen LogP contribution in [0.25, 0.3) is 0 Å². The van der Waals surface area contributed by atoms with Gasteiger partial charge < -0.3 is 25.2 Å². The Hall–Kier alpha value is -2.61. The van der Waals surface area contributed by atoms with E-state index >= 15 is 0 Å². The summed E-state index contributed by atoms with van der Waals surface area (Å²) in [6.45, 7) is 8.07. The van der Waals surface area contributed by atoms with E-state index in [9.17, 15) is 19.5 Å². The summed E-state index contributed by atoms with van der Waals surface area (Å²) >= 11 is 0. The number of ether oxygens (including phenoxy) is 2. The van der Waals surface area contributed by atoms with Gasteiger partial charge in [-0.15, -0.1) is 0 Å². The van der Waals surface area contributed by atoms with Crippen LogP contribution in [0.2, 0.25) is 0 Å². The number of benzene rings is 1. The molecule has 8 heteroatoms. The summed E-state index contributed by atoms with van der Waals surface area (Å²) in [6.07, 6.45) is -0.851. The van der Waals surface area contributed by atoms with Gasteiger partial charge in [0.15, 0.2) is 0 Å². The molecule has 1 aromatic carbocycles. The quantitative estimate of drug-likeness (QED) is 0.579. The maximum absolute atomic E-state index is 12.4. The van der Waals surface area contributed by atoms with E-state index in [1.807, 2.05) is 18.2 Å². The number of amides is 2. The third-order valence-electron chi connectivity index (χ3n) is 3.63. The van der Waals surface area contributed by atoms with Gasteiger partial charge in [-0.1, -0.05) is 44.2 Å². The number of nitrogens with one attached hydrogen (secondary N) is 2. The van der Waals surface area contributed by atoms with E-state index in [2.05, 4.69) is 10.6 Å². The summed E-state index contributed by atoms with van der Waals surface area (Å²) in [5, 5.41) is 14.3. The van der Waals surface area contributed by atoms with Gasteiger partial charge in [0.1, 0.15) is 24.3 Å². The maximum Gasteiger partial charge on any atom is 0.408 e. The molecule has 3 N–H and O–H groups in total. The predicted octanol–water partition coefficient (Wildman–Crippen LogP) is 1.76. The van der Waals surface area contributed by atoms with E-state index in [0.717, 1.165) is 5.56 Å². The Morgan fingerprint density at radius 2 is 1.68 bits per heavy atom. The highest BCUT2D eigenvalue weighted by atomic mass is 16.6. The number of aliphatic hydroxyl groups is 1. The van der Waals surface area contributed by atoms with Crippen molar-refractivity contribution >= 4 is 18.0 Å². The molecule has 0 aliphatic heterocycles. The predicted molar refractivity (Wildman–Crippen MR) is 103 cm³/mol. The van der Waals surface area contributed by atoms with Gasteiger partial charge in [-0.2, -0.15) is 0 Å². The van der Waals surface area contributed by atoms with Crippen LogP contribution in [0, 0.1) is 5.92 Å². The van der Waals surface area contributed by atoms with Crippen molar-refractivity contribution in [1.82, 2.24) is 10.6 Å². The number of alkyl carbamates (subject to hydrolysis) is 1.